The Morgan fingerprint density at radius 2 is 1.79 bits per heavy atom. The first-order chi connectivity index (χ1) is 9.10. The summed E-state index contributed by atoms with van der Waals surface area (Å²) in [5.74, 6) is -1.08. The molecular formula is C14H14O5. The lowest BCUT2D eigenvalue weighted by atomic mass is 9.86. The van der Waals surface area contributed by atoms with Crippen molar-refractivity contribution in [1.82, 2.24) is 0 Å². The number of carbonyl (C=O) groups is 2. The summed E-state index contributed by atoms with van der Waals surface area (Å²) in [6, 6.07) is 4.97. The molecule has 0 unspecified atom stereocenters. The third kappa shape index (κ3) is 2.19. The van der Waals surface area contributed by atoms with Gasteiger partial charge >= 0.3 is 11.9 Å². The predicted octanol–water partition coefficient (Wildman–Crippen LogP) is 1.86. The second-order valence-electron chi connectivity index (χ2n) is 4.14. The highest BCUT2D eigenvalue weighted by atomic mass is 16.5. The van der Waals surface area contributed by atoms with Gasteiger partial charge in [-0.15, -0.1) is 0 Å². The monoisotopic (exact) mass is 262 g/mol. The zero-order valence-corrected chi connectivity index (χ0v) is 10.7. The van der Waals surface area contributed by atoms with E-state index in [0.717, 1.165) is 0 Å². The summed E-state index contributed by atoms with van der Waals surface area (Å²) in [4.78, 5) is 23.4. The number of ether oxygens (including phenoxy) is 2. The Morgan fingerprint density at radius 3 is 2.42 bits per heavy atom. The van der Waals surface area contributed by atoms with Gasteiger partial charge in [0.15, 0.2) is 0 Å². The second-order valence-corrected chi connectivity index (χ2v) is 4.14. The van der Waals surface area contributed by atoms with Crippen molar-refractivity contribution in [1.29, 1.82) is 0 Å². The van der Waals surface area contributed by atoms with E-state index in [1.54, 1.807) is 18.2 Å². The van der Waals surface area contributed by atoms with Crippen molar-refractivity contribution in [3.05, 3.63) is 40.6 Å². The average molecular weight is 262 g/mol. The van der Waals surface area contributed by atoms with Gasteiger partial charge in [-0.25, -0.2) is 9.59 Å². The van der Waals surface area contributed by atoms with E-state index in [4.69, 9.17) is 4.74 Å². The molecule has 0 amide bonds. The van der Waals surface area contributed by atoms with Gasteiger partial charge in [0, 0.05) is 6.42 Å². The van der Waals surface area contributed by atoms with Crippen LogP contribution in [-0.2, 0) is 20.7 Å². The number of aliphatic hydroxyl groups excluding tert-OH is 1. The van der Waals surface area contributed by atoms with Crippen molar-refractivity contribution in [3.8, 4) is 0 Å². The number of fused-ring (bicyclic) bond motifs is 1. The molecule has 0 aromatic heterocycles. The van der Waals surface area contributed by atoms with Crippen LogP contribution in [0.3, 0.4) is 0 Å². The maximum absolute atomic E-state index is 11.7. The van der Waals surface area contributed by atoms with Crippen LogP contribution in [0.4, 0.5) is 0 Å². The Morgan fingerprint density at radius 1 is 1.11 bits per heavy atom. The van der Waals surface area contributed by atoms with Crippen molar-refractivity contribution >= 4 is 17.5 Å². The lowest BCUT2D eigenvalue weighted by Crippen LogP contribution is -2.17. The molecule has 1 N–H and O–H groups in total. The first-order valence-electron chi connectivity index (χ1n) is 5.81. The third-order valence-electron chi connectivity index (χ3n) is 3.14. The molecule has 1 aliphatic carbocycles. The van der Waals surface area contributed by atoms with E-state index >= 15 is 0 Å². The van der Waals surface area contributed by atoms with Crippen molar-refractivity contribution in [2.75, 3.05) is 14.2 Å². The summed E-state index contributed by atoms with van der Waals surface area (Å²) in [6.07, 6.45) is 0.776. The summed E-state index contributed by atoms with van der Waals surface area (Å²) in [7, 11) is 2.56. The largest absolute Gasteiger partial charge is 0.511 e. The van der Waals surface area contributed by atoms with Gasteiger partial charge in [0.25, 0.3) is 0 Å². The molecule has 2 rings (SSSR count). The lowest BCUT2D eigenvalue weighted by Gasteiger charge is -2.20. The topological polar surface area (TPSA) is 72.8 Å². The second kappa shape index (κ2) is 5.14. The first kappa shape index (κ1) is 13.1. The quantitative estimate of drug-likeness (QED) is 0.823. The maximum Gasteiger partial charge on any atom is 0.341 e. The molecule has 19 heavy (non-hydrogen) atoms. The van der Waals surface area contributed by atoms with Crippen LogP contribution in [0.1, 0.15) is 27.9 Å². The molecule has 0 fully saturated rings. The van der Waals surface area contributed by atoms with Crippen LogP contribution in [0.15, 0.2) is 24.0 Å². The zero-order chi connectivity index (χ0) is 14.0. The van der Waals surface area contributed by atoms with E-state index in [1.165, 1.54) is 14.2 Å². The minimum absolute atomic E-state index is 0.0126. The van der Waals surface area contributed by atoms with Crippen LogP contribution < -0.4 is 0 Å². The van der Waals surface area contributed by atoms with E-state index in [9.17, 15) is 14.7 Å². The fraction of sp³-hybridized carbons (Fsp3) is 0.286. The Labute approximate surface area is 110 Å². The summed E-state index contributed by atoms with van der Waals surface area (Å²) in [5, 5.41) is 9.87. The molecule has 0 saturated carbocycles. The Bertz CT molecular complexity index is 571. The van der Waals surface area contributed by atoms with Crippen LogP contribution in [0, 0.1) is 0 Å². The molecule has 0 spiro atoms. The number of allylic oxidation sites excluding steroid dienone is 1. The number of esters is 2. The molecule has 1 aromatic rings. The summed E-state index contributed by atoms with van der Waals surface area (Å²) in [6.45, 7) is 0. The van der Waals surface area contributed by atoms with Crippen LogP contribution in [-0.4, -0.2) is 31.3 Å². The van der Waals surface area contributed by atoms with Gasteiger partial charge < -0.3 is 14.6 Å². The van der Waals surface area contributed by atoms with Gasteiger partial charge in [0.05, 0.1) is 19.8 Å². The fourth-order valence-electron chi connectivity index (χ4n) is 2.25. The fourth-order valence-corrected chi connectivity index (χ4v) is 2.25. The number of hydrogen-bond donors (Lipinski definition) is 1. The van der Waals surface area contributed by atoms with Crippen LogP contribution in [0.5, 0.6) is 0 Å². The molecule has 100 valence electrons. The van der Waals surface area contributed by atoms with Gasteiger partial charge in [-0.1, -0.05) is 12.1 Å². The van der Waals surface area contributed by atoms with Gasteiger partial charge in [-0.05, 0) is 23.6 Å². The van der Waals surface area contributed by atoms with Crippen LogP contribution in [0.25, 0.3) is 5.57 Å². The van der Waals surface area contributed by atoms with Gasteiger partial charge in [0.2, 0.25) is 0 Å². The number of benzene rings is 1. The summed E-state index contributed by atoms with van der Waals surface area (Å²) < 4.78 is 9.39. The van der Waals surface area contributed by atoms with Gasteiger partial charge in [-0.3, -0.25) is 0 Å². The zero-order valence-electron chi connectivity index (χ0n) is 10.7. The highest BCUT2D eigenvalue weighted by Crippen LogP contribution is 2.33. The molecule has 0 bridgehead atoms. The molecule has 0 heterocycles. The predicted molar refractivity (Wildman–Crippen MR) is 67.7 cm³/mol. The van der Waals surface area contributed by atoms with Crippen LogP contribution >= 0.6 is 0 Å². The van der Waals surface area contributed by atoms with Crippen molar-refractivity contribution in [3.63, 3.8) is 0 Å². The number of hydrogen-bond acceptors (Lipinski definition) is 5. The Kier molecular flexibility index (Phi) is 3.55. The standard InChI is InChI=1S/C14H14O5/c1-18-13(16)10-5-3-4-9-8(10)6-7-11(15)12(9)14(17)19-2/h3-5,15H,6-7H2,1-2H3. The SMILES string of the molecule is COC(=O)C1=C(O)CCc2c(C(=O)OC)cccc21. The van der Waals surface area contributed by atoms with Crippen LogP contribution in [0.2, 0.25) is 0 Å². The minimum Gasteiger partial charge on any atom is -0.511 e. The molecule has 5 nitrogen and oxygen atoms in total. The number of aliphatic hydroxyl groups is 1. The Hall–Kier alpha value is -2.30. The van der Waals surface area contributed by atoms with E-state index in [0.29, 0.717) is 29.5 Å². The van der Waals surface area contributed by atoms with E-state index < -0.39 is 11.9 Å². The minimum atomic E-state index is -0.611. The third-order valence-corrected chi connectivity index (χ3v) is 3.14. The number of carbonyl (C=O) groups excluding carboxylic acids is 2. The normalized spacial score (nSPS) is 13.8. The maximum atomic E-state index is 11.7. The number of methoxy groups -OCH3 is 2. The van der Waals surface area contributed by atoms with E-state index in [1.807, 2.05) is 0 Å². The lowest BCUT2D eigenvalue weighted by molar-refractivity contribution is -0.133. The van der Waals surface area contributed by atoms with Crippen molar-refractivity contribution in [2.45, 2.75) is 12.8 Å². The van der Waals surface area contributed by atoms with Crippen molar-refractivity contribution in [2.24, 2.45) is 0 Å². The first-order valence-corrected chi connectivity index (χ1v) is 5.81. The number of rotatable bonds is 2. The molecular weight excluding hydrogens is 248 g/mol. The van der Waals surface area contributed by atoms with E-state index in [2.05, 4.69) is 4.74 Å². The summed E-state index contributed by atoms with van der Waals surface area (Å²) in [5.41, 5.74) is 1.76. The average Bonchev–Trinajstić information content (AvgIpc) is 2.44. The molecule has 0 aliphatic heterocycles. The molecule has 1 aromatic carbocycles. The smallest absolute Gasteiger partial charge is 0.341 e. The molecule has 1 aliphatic rings. The van der Waals surface area contributed by atoms with Gasteiger partial charge in [-0.2, -0.15) is 0 Å². The molecule has 0 radical (unpaired) electrons. The van der Waals surface area contributed by atoms with Crippen molar-refractivity contribution < 1.29 is 24.2 Å². The van der Waals surface area contributed by atoms with E-state index in [-0.39, 0.29) is 11.3 Å². The van der Waals surface area contributed by atoms with Gasteiger partial charge in [0.1, 0.15) is 11.3 Å². The highest BCUT2D eigenvalue weighted by Gasteiger charge is 2.28. The molecule has 5 heteroatoms. The molecule has 0 atom stereocenters. The molecule has 0 saturated heterocycles. The summed E-state index contributed by atoms with van der Waals surface area (Å²) >= 11 is 0. The Balaban J connectivity index is 2.61. The highest BCUT2D eigenvalue weighted by molar-refractivity contribution is 6.18.